The van der Waals surface area contributed by atoms with Crippen LogP contribution < -0.4 is 0 Å². The minimum atomic E-state index is -1.14. The largest absolute Gasteiger partial charge is 0.480 e. The molecule has 128 valence electrons. The number of piperidine rings is 1. The van der Waals surface area contributed by atoms with E-state index in [-0.39, 0.29) is 12.3 Å². The number of carboxylic acids is 1. The zero-order valence-electron chi connectivity index (χ0n) is 13.3. The number of aromatic nitrogens is 2. The summed E-state index contributed by atoms with van der Waals surface area (Å²) >= 11 is 0. The van der Waals surface area contributed by atoms with Gasteiger partial charge in [0.1, 0.15) is 0 Å². The minimum absolute atomic E-state index is 0.217. The molecule has 0 bridgehead atoms. The number of rotatable bonds is 5. The molecule has 2 aromatic rings. The number of aliphatic hydroxyl groups excluding tert-OH is 1. The van der Waals surface area contributed by atoms with E-state index >= 15 is 0 Å². The van der Waals surface area contributed by atoms with Crippen molar-refractivity contribution in [3.05, 3.63) is 30.6 Å². The van der Waals surface area contributed by atoms with E-state index in [1.54, 1.807) is 6.33 Å². The van der Waals surface area contributed by atoms with Crippen LogP contribution in [0.15, 0.2) is 30.6 Å². The van der Waals surface area contributed by atoms with Crippen molar-refractivity contribution in [3.8, 4) is 0 Å². The number of carboxylic acid groups (broad SMARTS) is 1. The first-order valence-electron chi connectivity index (χ1n) is 8.18. The number of aliphatic hydroxyl groups is 1. The van der Waals surface area contributed by atoms with E-state index in [2.05, 4.69) is 4.98 Å². The fourth-order valence-corrected chi connectivity index (χ4v) is 3.29. The lowest BCUT2D eigenvalue weighted by Crippen LogP contribution is -2.55. The molecular weight excluding hydrogens is 310 g/mol. The summed E-state index contributed by atoms with van der Waals surface area (Å²) in [4.78, 5) is 29.3. The highest BCUT2D eigenvalue weighted by Crippen LogP contribution is 2.20. The highest BCUT2D eigenvalue weighted by atomic mass is 16.4. The van der Waals surface area contributed by atoms with E-state index in [1.807, 2.05) is 28.8 Å². The molecule has 1 fully saturated rings. The second-order valence-corrected chi connectivity index (χ2v) is 6.11. The number of carbonyl (C=O) groups excluding carboxylic acids is 1. The number of aliphatic carboxylic acids is 1. The Morgan fingerprint density at radius 1 is 1.29 bits per heavy atom. The molecule has 1 amide bonds. The van der Waals surface area contributed by atoms with E-state index in [1.165, 1.54) is 4.90 Å². The Hall–Kier alpha value is -2.41. The SMILES string of the molecule is O=C(O)C1C(O)CCCN1C(=O)CCCn1cnc2ccccc21. The third-order valence-electron chi connectivity index (χ3n) is 4.49. The number of likely N-dealkylation sites (tertiary alicyclic amines) is 1. The predicted octanol–water partition coefficient (Wildman–Crippen LogP) is 1.25. The van der Waals surface area contributed by atoms with Crippen molar-refractivity contribution in [2.24, 2.45) is 0 Å². The molecular formula is C17H21N3O4. The van der Waals surface area contributed by atoms with Gasteiger partial charge in [-0.15, -0.1) is 0 Å². The van der Waals surface area contributed by atoms with E-state index in [9.17, 15) is 19.8 Å². The van der Waals surface area contributed by atoms with E-state index < -0.39 is 18.1 Å². The Balaban J connectivity index is 1.60. The van der Waals surface area contributed by atoms with Gasteiger partial charge in [-0.05, 0) is 31.4 Å². The molecule has 1 aromatic heterocycles. The number of aryl methyl sites for hydroxylation is 1. The molecule has 7 heteroatoms. The van der Waals surface area contributed by atoms with Crippen LogP contribution in [0.5, 0.6) is 0 Å². The topological polar surface area (TPSA) is 95.7 Å². The van der Waals surface area contributed by atoms with Crippen LogP contribution in [0.2, 0.25) is 0 Å². The van der Waals surface area contributed by atoms with Crippen molar-refractivity contribution in [1.82, 2.24) is 14.5 Å². The lowest BCUT2D eigenvalue weighted by atomic mass is 9.98. The smallest absolute Gasteiger partial charge is 0.329 e. The van der Waals surface area contributed by atoms with Crippen LogP contribution in [0.25, 0.3) is 11.0 Å². The van der Waals surface area contributed by atoms with Crippen molar-refractivity contribution in [1.29, 1.82) is 0 Å². The number of hydrogen-bond donors (Lipinski definition) is 2. The summed E-state index contributed by atoms with van der Waals surface area (Å²) in [5.74, 6) is -1.36. The van der Waals surface area contributed by atoms with Crippen molar-refractivity contribution in [3.63, 3.8) is 0 Å². The molecule has 0 radical (unpaired) electrons. The molecule has 2 unspecified atom stereocenters. The molecule has 0 aliphatic carbocycles. The van der Waals surface area contributed by atoms with Crippen LogP contribution in [0.1, 0.15) is 25.7 Å². The highest BCUT2D eigenvalue weighted by molar-refractivity contribution is 5.84. The van der Waals surface area contributed by atoms with Gasteiger partial charge in [0.2, 0.25) is 5.91 Å². The van der Waals surface area contributed by atoms with Crippen molar-refractivity contribution < 1.29 is 19.8 Å². The van der Waals surface area contributed by atoms with Crippen molar-refractivity contribution in [2.45, 2.75) is 44.4 Å². The molecule has 3 rings (SSSR count). The fourth-order valence-electron chi connectivity index (χ4n) is 3.29. The fraction of sp³-hybridized carbons (Fsp3) is 0.471. The van der Waals surface area contributed by atoms with Crippen LogP contribution in [0.4, 0.5) is 0 Å². The maximum atomic E-state index is 12.4. The summed E-state index contributed by atoms with van der Waals surface area (Å²) in [5.41, 5.74) is 1.93. The van der Waals surface area contributed by atoms with Gasteiger partial charge in [-0.2, -0.15) is 0 Å². The first-order valence-corrected chi connectivity index (χ1v) is 8.18. The molecule has 1 aliphatic heterocycles. The Morgan fingerprint density at radius 2 is 2.08 bits per heavy atom. The number of nitrogens with zero attached hydrogens (tertiary/aromatic N) is 3. The zero-order chi connectivity index (χ0) is 17.1. The molecule has 2 atom stereocenters. The summed E-state index contributed by atoms with van der Waals surface area (Å²) in [5, 5.41) is 19.1. The van der Waals surface area contributed by atoms with E-state index in [0.29, 0.717) is 32.4 Å². The maximum Gasteiger partial charge on any atom is 0.329 e. The van der Waals surface area contributed by atoms with Gasteiger partial charge in [-0.1, -0.05) is 12.1 Å². The summed E-state index contributed by atoms with van der Waals surface area (Å²) in [6, 6.07) is 6.66. The summed E-state index contributed by atoms with van der Waals surface area (Å²) in [6.45, 7) is 1.03. The van der Waals surface area contributed by atoms with E-state index in [4.69, 9.17) is 0 Å². The molecule has 2 N–H and O–H groups in total. The van der Waals surface area contributed by atoms with Gasteiger partial charge in [0, 0.05) is 19.5 Å². The zero-order valence-corrected chi connectivity index (χ0v) is 13.3. The monoisotopic (exact) mass is 331 g/mol. The summed E-state index contributed by atoms with van der Waals surface area (Å²) in [7, 11) is 0. The number of para-hydroxylation sites is 2. The molecule has 24 heavy (non-hydrogen) atoms. The quantitative estimate of drug-likeness (QED) is 0.860. The maximum absolute atomic E-state index is 12.4. The number of hydrogen-bond acceptors (Lipinski definition) is 4. The Morgan fingerprint density at radius 3 is 2.88 bits per heavy atom. The van der Waals surface area contributed by atoms with Crippen LogP contribution in [0.3, 0.4) is 0 Å². The molecule has 1 saturated heterocycles. The van der Waals surface area contributed by atoms with Gasteiger partial charge in [-0.25, -0.2) is 9.78 Å². The lowest BCUT2D eigenvalue weighted by Gasteiger charge is -2.36. The molecule has 0 spiro atoms. The summed E-state index contributed by atoms with van der Waals surface area (Å²) in [6.07, 6.45) is 2.66. The lowest BCUT2D eigenvalue weighted by molar-refractivity contribution is -0.158. The second kappa shape index (κ2) is 7.00. The van der Waals surface area contributed by atoms with Gasteiger partial charge < -0.3 is 19.7 Å². The third kappa shape index (κ3) is 3.26. The van der Waals surface area contributed by atoms with Crippen molar-refractivity contribution in [2.75, 3.05) is 6.54 Å². The standard InChI is InChI=1S/C17H21N3O4/c21-14-7-3-10-20(16(14)17(23)24)15(22)8-4-9-19-11-18-12-5-1-2-6-13(12)19/h1-2,5-6,11,14,16,21H,3-4,7-10H2,(H,23,24). The summed E-state index contributed by atoms with van der Waals surface area (Å²) < 4.78 is 1.99. The first kappa shape index (κ1) is 16.4. The minimum Gasteiger partial charge on any atom is -0.480 e. The van der Waals surface area contributed by atoms with Gasteiger partial charge in [0.15, 0.2) is 6.04 Å². The predicted molar refractivity (Wildman–Crippen MR) is 87.3 cm³/mol. The third-order valence-corrected chi connectivity index (χ3v) is 4.49. The molecule has 1 aliphatic rings. The van der Waals surface area contributed by atoms with Gasteiger partial charge in [0.05, 0.1) is 23.5 Å². The first-order chi connectivity index (χ1) is 11.6. The van der Waals surface area contributed by atoms with Gasteiger partial charge >= 0.3 is 5.97 Å². The molecule has 0 saturated carbocycles. The Labute approximate surface area is 139 Å². The molecule has 1 aromatic carbocycles. The number of imidazole rings is 1. The van der Waals surface area contributed by atoms with Gasteiger partial charge in [0.25, 0.3) is 0 Å². The Kier molecular flexibility index (Phi) is 4.80. The number of benzene rings is 1. The van der Waals surface area contributed by atoms with Crippen LogP contribution in [-0.4, -0.2) is 55.2 Å². The number of carbonyl (C=O) groups is 2. The van der Waals surface area contributed by atoms with Crippen LogP contribution in [0, 0.1) is 0 Å². The average Bonchev–Trinajstić information content (AvgIpc) is 2.97. The van der Waals surface area contributed by atoms with Crippen molar-refractivity contribution >= 4 is 22.9 Å². The van der Waals surface area contributed by atoms with Crippen LogP contribution >= 0.6 is 0 Å². The second-order valence-electron chi connectivity index (χ2n) is 6.11. The molecule has 2 heterocycles. The van der Waals surface area contributed by atoms with E-state index in [0.717, 1.165) is 11.0 Å². The van der Waals surface area contributed by atoms with Gasteiger partial charge in [-0.3, -0.25) is 4.79 Å². The number of amides is 1. The molecule has 7 nitrogen and oxygen atoms in total. The number of fused-ring (bicyclic) bond motifs is 1. The average molecular weight is 331 g/mol. The normalized spacial score (nSPS) is 21.1. The Bertz CT molecular complexity index is 742. The van der Waals surface area contributed by atoms with Crippen LogP contribution in [-0.2, 0) is 16.1 Å². The highest BCUT2D eigenvalue weighted by Gasteiger charge is 2.38.